The Hall–Kier alpha value is -1.35. The van der Waals surface area contributed by atoms with Gasteiger partial charge in [-0.1, -0.05) is 18.2 Å². The lowest BCUT2D eigenvalue weighted by Crippen LogP contribution is -2.06. The van der Waals surface area contributed by atoms with Crippen molar-refractivity contribution >= 4 is 5.97 Å². The molecule has 15 heavy (non-hydrogen) atoms. The second kappa shape index (κ2) is 3.35. The summed E-state index contributed by atoms with van der Waals surface area (Å²) in [5.41, 5.74) is 1.50. The molecule has 3 rings (SSSR count). The average molecular weight is 204 g/mol. The van der Waals surface area contributed by atoms with Crippen LogP contribution in [0.25, 0.3) is 0 Å². The molecule has 78 valence electrons. The molecule has 3 heteroatoms. The third-order valence-corrected chi connectivity index (χ3v) is 2.83. The number of fused-ring (bicyclic) bond motifs is 1. The van der Waals surface area contributed by atoms with Gasteiger partial charge in [0.1, 0.15) is 0 Å². The van der Waals surface area contributed by atoms with Crippen molar-refractivity contribution in [2.75, 3.05) is 6.61 Å². The molecule has 1 atom stereocenters. The molecule has 1 aliphatic heterocycles. The second-order valence-corrected chi connectivity index (χ2v) is 4.10. The van der Waals surface area contributed by atoms with Crippen molar-refractivity contribution in [3.63, 3.8) is 0 Å². The van der Waals surface area contributed by atoms with Gasteiger partial charge < -0.3 is 9.47 Å². The highest BCUT2D eigenvalue weighted by Crippen LogP contribution is 2.35. The summed E-state index contributed by atoms with van der Waals surface area (Å²) in [6.07, 6.45) is 2.00. The van der Waals surface area contributed by atoms with Gasteiger partial charge in [0.2, 0.25) is 6.29 Å². The van der Waals surface area contributed by atoms with E-state index in [9.17, 15) is 4.79 Å². The molecule has 0 radical (unpaired) electrons. The second-order valence-electron chi connectivity index (χ2n) is 4.10. The third kappa shape index (κ3) is 1.63. The van der Waals surface area contributed by atoms with E-state index in [1.165, 1.54) is 12.8 Å². The molecule has 0 spiro atoms. The van der Waals surface area contributed by atoms with E-state index in [4.69, 9.17) is 9.47 Å². The number of cyclic esters (lactones) is 1. The number of ether oxygens (including phenoxy) is 2. The maximum absolute atomic E-state index is 11.4. The largest absolute Gasteiger partial charge is 0.428 e. The molecule has 1 aromatic rings. The van der Waals surface area contributed by atoms with E-state index in [0.717, 1.165) is 5.56 Å². The van der Waals surface area contributed by atoms with Gasteiger partial charge in [0.25, 0.3) is 0 Å². The minimum Gasteiger partial charge on any atom is -0.428 e. The van der Waals surface area contributed by atoms with E-state index < -0.39 is 6.29 Å². The minimum absolute atomic E-state index is 0.272. The zero-order chi connectivity index (χ0) is 10.3. The highest BCUT2D eigenvalue weighted by Gasteiger charge is 2.32. The number of rotatable bonds is 3. The van der Waals surface area contributed by atoms with Crippen LogP contribution in [0.2, 0.25) is 0 Å². The molecule has 2 aliphatic rings. The summed E-state index contributed by atoms with van der Waals surface area (Å²) in [5.74, 6) is 0.405. The van der Waals surface area contributed by atoms with E-state index in [0.29, 0.717) is 18.1 Å². The molecular formula is C12H12O3. The molecule has 0 amide bonds. The topological polar surface area (TPSA) is 35.5 Å². The molecule has 1 aliphatic carbocycles. The van der Waals surface area contributed by atoms with Gasteiger partial charge in [-0.15, -0.1) is 0 Å². The molecule has 0 N–H and O–H groups in total. The van der Waals surface area contributed by atoms with Gasteiger partial charge in [0.15, 0.2) is 0 Å². The maximum atomic E-state index is 11.4. The van der Waals surface area contributed by atoms with Crippen molar-refractivity contribution in [1.29, 1.82) is 0 Å². The van der Waals surface area contributed by atoms with E-state index >= 15 is 0 Å². The van der Waals surface area contributed by atoms with Gasteiger partial charge in [-0.3, -0.25) is 0 Å². The van der Waals surface area contributed by atoms with Gasteiger partial charge >= 0.3 is 5.97 Å². The first kappa shape index (κ1) is 8.92. The zero-order valence-electron chi connectivity index (χ0n) is 8.31. The summed E-state index contributed by atoms with van der Waals surface area (Å²) in [5, 5.41) is 0. The Kier molecular flexibility index (Phi) is 1.99. The van der Waals surface area contributed by atoms with Crippen LogP contribution in [-0.2, 0) is 9.47 Å². The molecule has 0 aromatic heterocycles. The minimum atomic E-state index is -0.478. The maximum Gasteiger partial charge on any atom is 0.341 e. The van der Waals surface area contributed by atoms with Crippen LogP contribution in [0, 0.1) is 5.92 Å². The first-order valence-corrected chi connectivity index (χ1v) is 5.26. The lowest BCUT2D eigenvalue weighted by atomic mass is 10.1. The van der Waals surface area contributed by atoms with Gasteiger partial charge in [0, 0.05) is 5.56 Å². The standard InChI is InChI=1S/C12H12O3/c13-11-9-3-1-2-4-10(9)12(15-11)14-7-8-5-6-8/h1-4,8,12H,5-7H2. The summed E-state index contributed by atoms with van der Waals surface area (Å²) in [6, 6.07) is 7.40. The van der Waals surface area contributed by atoms with Crippen molar-refractivity contribution in [3.8, 4) is 0 Å². The molecule has 1 aromatic carbocycles. The average Bonchev–Trinajstić information content (AvgIpc) is 3.03. The summed E-state index contributed by atoms with van der Waals surface area (Å²) < 4.78 is 10.7. The fraction of sp³-hybridized carbons (Fsp3) is 0.417. The number of esters is 1. The highest BCUT2D eigenvalue weighted by atomic mass is 16.7. The predicted molar refractivity (Wildman–Crippen MR) is 53.3 cm³/mol. The Balaban J connectivity index is 1.77. The molecule has 1 heterocycles. The van der Waals surface area contributed by atoms with E-state index in [1.54, 1.807) is 6.07 Å². The number of carbonyl (C=O) groups excluding carboxylic acids is 1. The predicted octanol–water partition coefficient (Wildman–Crippen LogP) is 2.28. The van der Waals surface area contributed by atoms with Crippen molar-refractivity contribution in [2.45, 2.75) is 19.1 Å². The van der Waals surface area contributed by atoms with Crippen molar-refractivity contribution < 1.29 is 14.3 Å². The lowest BCUT2D eigenvalue weighted by molar-refractivity contribution is -0.106. The Labute approximate surface area is 88.0 Å². The lowest BCUT2D eigenvalue weighted by Gasteiger charge is -2.10. The number of hydrogen-bond acceptors (Lipinski definition) is 3. The number of hydrogen-bond donors (Lipinski definition) is 0. The quantitative estimate of drug-likeness (QED) is 0.708. The summed E-state index contributed by atoms with van der Waals surface area (Å²) in [6.45, 7) is 0.701. The normalized spacial score (nSPS) is 23.7. The molecule has 3 nitrogen and oxygen atoms in total. The van der Waals surface area contributed by atoms with Crippen LogP contribution in [0.3, 0.4) is 0 Å². The monoisotopic (exact) mass is 204 g/mol. The van der Waals surface area contributed by atoms with E-state index in [1.807, 2.05) is 18.2 Å². The van der Waals surface area contributed by atoms with Crippen LogP contribution in [0.1, 0.15) is 35.1 Å². The smallest absolute Gasteiger partial charge is 0.341 e. The molecule has 0 saturated heterocycles. The Morgan fingerprint density at radius 1 is 1.33 bits per heavy atom. The van der Waals surface area contributed by atoms with Gasteiger partial charge in [-0.05, 0) is 24.8 Å². The zero-order valence-corrected chi connectivity index (χ0v) is 8.31. The molecule has 1 saturated carbocycles. The summed E-state index contributed by atoms with van der Waals surface area (Å²) >= 11 is 0. The van der Waals surface area contributed by atoms with Crippen LogP contribution >= 0.6 is 0 Å². The fourth-order valence-electron chi connectivity index (χ4n) is 1.74. The fourth-order valence-corrected chi connectivity index (χ4v) is 1.74. The molecule has 1 fully saturated rings. The van der Waals surface area contributed by atoms with Gasteiger partial charge in [0.05, 0.1) is 12.2 Å². The van der Waals surface area contributed by atoms with Crippen molar-refractivity contribution in [2.24, 2.45) is 5.92 Å². The Bertz CT molecular complexity index is 396. The van der Waals surface area contributed by atoms with Crippen LogP contribution < -0.4 is 0 Å². The molecule has 0 bridgehead atoms. The molecular weight excluding hydrogens is 192 g/mol. The van der Waals surface area contributed by atoms with E-state index in [-0.39, 0.29) is 5.97 Å². The SMILES string of the molecule is O=C1OC(OCC2CC2)c2ccccc21. The first-order valence-electron chi connectivity index (χ1n) is 5.26. The number of carbonyl (C=O) groups is 1. The van der Waals surface area contributed by atoms with Crippen LogP contribution in [0.5, 0.6) is 0 Å². The van der Waals surface area contributed by atoms with Crippen molar-refractivity contribution in [1.82, 2.24) is 0 Å². The summed E-state index contributed by atoms with van der Waals surface area (Å²) in [7, 11) is 0. The first-order chi connectivity index (χ1) is 7.34. The van der Waals surface area contributed by atoms with Crippen molar-refractivity contribution in [3.05, 3.63) is 35.4 Å². The van der Waals surface area contributed by atoms with E-state index in [2.05, 4.69) is 0 Å². The van der Waals surface area contributed by atoms with Crippen LogP contribution in [0.4, 0.5) is 0 Å². The Morgan fingerprint density at radius 3 is 2.93 bits per heavy atom. The van der Waals surface area contributed by atoms with Crippen LogP contribution in [0.15, 0.2) is 24.3 Å². The highest BCUT2D eigenvalue weighted by molar-refractivity contribution is 5.93. The molecule has 1 unspecified atom stereocenters. The van der Waals surface area contributed by atoms with Crippen LogP contribution in [-0.4, -0.2) is 12.6 Å². The van der Waals surface area contributed by atoms with Gasteiger partial charge in [-0.2, -0.15) is 0 Å². The summed E-state index contributed by atoms with van der Waals surface area (Å²) in [4.78, 5) is 11.4. The third-order valence-electron chi connectivity index (χ3n) is 2.83. The number of benzene rings is 1. The van der Waals surface area contributed by atoms with Gasteiger partial charge in [-0.25, -0.2) is 4.79 Å². The Morgan fingerprint density at radius 2 is 2.13 bits per heavy atom.